The van der Waals surface area contributed by atoms with E-state index < -0.39 is 17.5 Å². The monoisotopic (exact) mass is 347 g/mol. The van der Waals surface area contributed by atoms with Crippen LogP contribution in [0.15, 0.2) is 16.6 Å². The average Bonchev–Trinajstić information content (AvgIpc) is 2.87. The molecule has 1 aliphatic rings. The molecule has 2 rings (SSSR count). The molecule has 0 amide bonds. The number of hydrogen-bond donors (Lipinski definition) is 3. The molecular weight excluding hydrogens is 329 g/mol. The molecule has 0 saturated heterocycles. The molecule has 1 atom stereocenters. The number of ether oxygens (including phenoxy) is 1. The number of methoxy groups -OCH3 is 1. The molecule has 1 unspecified atom stereocenters. The summed E-state index contributed by atoms with van der Waals surface area (Å²) in [5.41, 5.74) is -0.446. The van der Waals surface area contributed by atoms with Crippen LogP contribution in [-0.2, 0) is 0 Å². The first-order valence-electron chi connectivity index (χ1n) is 6.63. The molecule has 0 bridgehead atoms. The van der Waals surface area contributed by atoms with E-state index >= 15 is 0 Å². The highest BCUT2D eigenvalue weighted by Crippen LogP contribution is 2.34. The Morgan fingerprint density at radius 3 is 2.70 bits per heavy atom. The number of rotatable bonds is 5. The Kier molecular flexibility index (Phi) is 4.88. The normalized spacial score (nSPS) is 18.9. The molecule has 1 aliphatic carbocycles. The van der Waals surface area contributed by atoms with E-state index in [0.717, 1.165) is 12.8 Å². The summed E-state index contributed by atoms with van der Waals surface area (Å²) in [5.74, 6) is -0.0568. The van der Waals surface area contributed by atoms with Gasteiger partial charge in [0.25, 0.3) is 0 Å². The molecule has 0 aromatic heterocycles. The maximum atomic E-state index is 13.4. The summed E-state index contributed by atoms with van der Waals surface area (Å²) >= 11 is 3.11. The van der Waals surface area contributed by atoms with Gasteiger partial charge >= 0.3 is 0 Å². The maximum Gasteiger partial charge on any atom is 0.144 e. The third kappa shape index (κ3) is 3.24. The molecule has 112 valence electrons. The van der Waals surface area contributed by atoms with Crippen molar-refractivity contribution in [1.29, 1.82) is 0 Å². The van der Waals surface area contributed by atoms with E-state index in [1.165, 1.54) is 13.2 Å². The predicted octanol–water partition coefficient (Wildman–Crippen LogP) is 2.67. The summed E-state index contributed by atoms with van der Waals surface area (Å²) < 4.78 is 18.8. The number of anilines is 1. The van der Waals surface area contributed by atoms with Crippen molar-refractivity contribution in [2.24, 2.45) is 0 Å². The molecule has 1 aromatic carbocycles. The van der Waals surface area contributed by atoms with E-state index in [4.69, 9.17) is 4.74 Å². The fraction of sp³-hybridized carbons (Fsp3) is 0.571. The van der Waals surface area contributed by atoms with Gasteiger partial charge in [0.2, 0.25) is 0 Å². The van der Waals surface area contributed by atoms with E-state index in [2.05, 4.69) is 21.2 Å². The van der Waals surface area contributed by atoms with Crippen LogP contribution >= 0.6 is 15.9 Å². The molecule has 1 fully saturated rings. The van der Waals surface area contributed by atoms with E-state index in [0.29, 0.717) is 28.8 Å². The van der Waals surface area contributed by atoms with Gasteiger partial charge in [0, 0.05) is 12.6 Å². The van der Waals surface area contributed by atoms with Crippen LogP contribution in [0, 0.1) is 5.82 Å². The van der Waals surface area contributed by atoms with Gasteiger partial charge in [-0.15, -0.1) is 0 Å². The second-order valence-corrected chi connectivity index (χ2v) is 6.03. The van der Waals surface area contributed by atoms with Crippen molar-refractivity contribution < 1.29 is 19.3 Å². The zero-order valence-electron chi connectivity index (χ0n) is 11.3. The number of halogens is 2. The van der Waals surface area contributed by atoms with E-state index in [1.807, 2.05) is 0 Å². The second-order valence-electron chi connectivity index (χ2n) is 5.17. The average molecular weight is 348 g/mol. The highest BCUT2D eigenvalue weighted by Gasteiger charge is 2.38. The van der Waals surface area contributed by atoms with Crippen molar-refractivity contribution in [3.8, 4) is 5.75 Å². The van der Waals surface area contributed by atoms with Gasteiger partial charge in [-0.25, -0.2) is 4.39 Å². The Labute approximate surface area is 126 Å². The number of aliphatic hydroxyl groups excluding tert-OH is 1. The number of aliphatic hydroxyl groups is 2. The smallest absolute Gasteiger partial charge is 0.144 e. The molecule has 1 saturated carbocycles. The van der Waals surface area contributed by atoms with Gasteiger partial charge in [-0.3, -0.25) is 0 Å². The fourth-order valence-electron chi connectivity index (χ4n) is 2.55. The third-order valence-corrected chi connectivity index (χ3v) is 4.43. The van der Waals surface area contributed by atoms with Crippen LogP contribution < -0.4 is 10.1 Å². The lowest BCUT2D eigenvalue weighted by Crippen LogP contribution is -2.43. The van der Waals surface area contributed by atoms with Gasteiger partial charge in [0.05, 0.1) is 29.0 Å². The van der Waals surface area contributed by atoms with Crippen LogP contribution in [0.5, 0.6) is 5.75 Å². The SMILES string of the molecule is COc1cc(F)c(Br)cc1NCC(O)C1(O)CCCC1. The highest BCUT2D eigenvalue weighted by molar-refractivity contribution is 9.10. The fourth-order valence-corrected chi connectivity index (χ4v) is 2.90. The van der Waals surface area contributed by atoms with Gasteiger partial charge in [0.15, 0.2) is 0 Å². The summed E-state index contributed by atoms with van der Waals surface area (Å²) in [5, 5.41) is 23.4. The lowest BCUT2D eigenvalue weighted by molar-refractivity contribution is -0.0628. The first-order chi connectivity index (χ1) is 9.46. The topological polar surface area (TPSA) is 61.7 Å². The highest BCUT2D eigenvalue weighted by atomic mass is 79.9. The quantitative estimate of drug-likeness (QED) is 0.766. The standard InChI is InChI=1S/C14H19BrFNO3/c1-20-12-7-10(16)9(15)6-11(12)17-8-13(18)14(19)4-2-3-5-14/h6-7,13,17-19H,2-5,8H2,1H3. The first-order valence-corrected chi connectivity index (χ1v) is 7.43. The third-order valence-electron chi connectivity index (χ3n) is 3.82. The van der Waals surface area contributed by atoms with Crippen LogP contribution in [0.3, 0.4) is 0 Å². The zero-order chi connectivity index (χ0) is 14.8. The molecule has 0 heterocycles. The van der Waals surface area contributed by atoms with Crippen LogP contribution in [0.4, 0.5) is 10.1 Å². The van der Waals surface area contributed by atoms with Crippen LogP contribution in [0.25, 0.3) is 0 Å². The zero-order valence-corrected chi connectivity index (χ0v) is 12.9. The van der Waals surface area contributed by atoms with E-state index in [-0.39, 0.29) is 6.54 Å². The van der Waals surface area contributed by atoms with Crippen molar-refractivity contribution in [3.63, 3.8) is 0 Å². The molecule has 3 N–H and O–H groups in total. The summed E-state index contributed by atoms with van der Waals surface area (Å²) in [4.78, 5) is 0. The first kappa shape index (κ1) is 15.5. The van der Waals surface area contributed by atoms with Crippen LogP contribution in [0.1, 0.15) is 25.7 Å². The van der Waals surface area contributed by atoms with Crippen molar-refractivity contribution >= 4 is 21.6 Å². The molecule has 20 heavy (non-hydrogen) atoms. The minimum Gasteiger partial charge on any atom is -0.494 e. The van der Waals surface area contributed by atoms with Crippen molar-refractivity contribution in [1.82, 2.24) is 0 Å². The van der Waals surface area contributed by atoms with Gasteiger partial charge in [0.1, 0.15) is 11.6 Å². The predicted molar refractivity (Wildman–Crippen MR) is 78.6 cm³/mol. The summed E-state index contributed by atoms with van der Waals surface area (Å²) in [6.45, 7) is 0.185. The Bertz CT molecular complexity index is 478. The Morgan fingerprint density at radius 2 is 2.10 bits per heavy atom. The van der Waals surface area contributed by atoms with E-state index in [1.54, 1.807) is 6.07 Å². The lowest BCUT2D eigenvalue weighted by Gasteiger charge is -2.29. The Hall–Kier alpha value is -0.850. The number of nitrogens with one attached hydrogen (secondary N) is 1. The summed E-state index contributed by atoms with van der Waals surface area (Å²) in [6, 6.07) is 2.82. The maximum absolute atomic E-state index is 13.4. The molecule has 0 spiro atoms. The largest absolute Gasteiger partial charge is 0.494 e. The van der Waals surface area contributed by atoms with Crippen molar-refractivity contribution in [2.75, 3.05) is 19.0 Å². The molecule has 1 aromatic rings. The Morgan fingerprint density at radius 1 is 1.45 bits per heavy atom. The second kappa shape index (κ2) is 6.28. The van der Waals surface area contributed by atoms with Gasteiger partial charge < -0.3 is 20.3 Å². The lowest BCUT2D eigenvalue weighted by atomic mass is 9.95. The van der Waals surface area contributed by atoms with Crippen LogP contribution in [-0.4, -0.2) is 35.6 Å². The van der Waals surface area contributed by atoms with Crippen molar-refractivity contribution in [2.45, 2.75) is 37.4 Å². The van der Waals surface area contributed by atoms with E-state index in [9.17, 15) is 14.6 Å². The van der Waals surface area contributed by atoms with Gasteiger partial charge in [-0.2, -0.15) is 0 Å². The number of benzene rings is 1. The minimum absolute atomic E-state index is 0.185. The molecule has 6 heteroatoms. The minimum atomic E-state index is -1.02. The molecular formula is C14H19BrFNO3. The number of hydrogen-bond acceptors (Lipinski definition) is 4. The summed E-state index contributed by atoms with van der Waals surface area (Å²) in [6.07, 6.45) is 2.22. The Balaban J connectivity index is 2.05. The van der Waals surface area contributed by atoms with Gasteiger partial charge in [-0.1, -0.05) is 12.8 Å². The molecule has 0 radical (unpaired) electrons. The molecule has 0 aliphatic heterocycles. The van der Waals surface area contributed by atoms with Gasteiger partial charge in [-0.05, 0) is 34.8 Å². The van der Waals surface area contributed by atoms with Crippen molar-refractivity contribution in [3.05, 3.63) is 22.4 Å². The summed E-state index contributed by atoms with van der Waals surface area (Å²) in [7, 11) is 1.45. The van der Waals surface area contributed by atoms with Crippen LogP contribution in [0.2, 0.25) is 0 Å². The molecule has 4 nitrogen and oxygen atoms in total.